The first-order valence-electron chi connectivity index (χ1n) is 5.43. The van der Waals surface area contributed by atoms with Crippen molar-refractivity contribution in [3.63, 3.8) is 0 Å². The molecule has 3 N–H and O–H groups in total. The van der Waals surface area contributed by atoms with Gasteiger partial charge in [0.15, 0.2) is 0 Å². The van der Waals surface area contributed by atoms with E-state index in [1.54, 1.807) is 25.1 Å². The number of hydrogen-bond donors (Lipinski definition) is 3. The minimum Gasteiger partial charge on any atom is -0.480 e. The molecule has 0 saturated heterocycles. The van der Waals surface area contributed by atoms with Gasteiger partial charge in [0.1, 0.15) is 6.54 Å². The van der Waals surface area contributed by atoms with Gasteiger partial charge < -0.3 is 15.7 Å². The molecule has 0 atom stereocenters. The van der Waals surface area contributed by atoms with Crippen LogP contribution >= 0.6 is 11.6 Å². The molecule has 6 nitrogen and oxygen atoms in total. The molecule has 0 unspecified atom stereocenters. The summed E-state index contributed by atoms with van der Waals surface area (Å²) in [6.07, 6.45) is 0. The van der Waals surface area contributed by atoms with Crippen LogP contribution in [0, 0.1) is 6.92 Å². The van der Waals surface area contributed by atoms with Crippen molar-refractivity contribution in [1.29, 1.82) is 0 Å². The molecule has 0 spiro atoms. The number of amides is 2. The number of aryl methyl sites for hydroxylation is 1. The Morgan fingerprint density at radius 2 is 1.89 bits per heavy atom. The second-order valence-electron chi connectivity index (χ2n) is 3.79. The first-order valence-corrected chi connectivity index (χ1v) is 5.81. The van der Waals surface area contributed by atoms with E-state index in [0.29, 0.717) is 5.02 Å². The monoisotopic (exact) mass is 284 g/mol. The van der Waals surface area contributed by atoms with Crippen LogP contribution in [-0.4, -0.2) is 36.0 Å². The molecule has 0 aliphatic carbocycles. The second kappa shape index (κ2) is 6.75. The number of carbonyl (C=O) groups excluding carboxylic acids is 2. The van der Waals surface area contributed by atoms with E-state index in [1.807, 2.05) is 0 Å². The minimum atomic E-state index is -1.15. The average molecular weight is 285 g/mol. The van der Waals surface area contributed by atoms with Crippen LogP contribution in [0.2, 0.25) is 5.02 Å². The fourth-order valence-electron chi connectivity index (χ4n) is 1.32. The summed E-state index contributed by atoms with van der Waals surface area (Å²) in [4.78, 5) is 33.2. The van der Waals surface area contributed by atoms with Gasteiger partial charge in [-0.25, -0.2) is 0 Å². The Labute approximate surface area is 114 Å². The molecule has 0 aromatic heterocycles. The largest absolute Gasteiger partial charge is 0.480 e. The second-order valence-corrected chi connectivity index (χ2v) is 4.17. The van der Waals surface area contributed by atoms with Gasteiger partial charge in [0.2, 0.25) is 5.91 Å². The van der Waals surface area contributed by atoms with Gasteiger partial charge in [-0.1, -0.05) is 23.7 Å². The zero-order valence-corrected chi connectivity index (χ0v) is 11.0. The number of nitrogens with one attached hydrogen (secondary N) is 2. The summed E-state index contributed by atoms with van der Waals surface area (Å²) >= 11 is 5.97. The lowest BCUT2D eigenvalue weighted by Crippen LogP contribution is -2.39. The molecular weight excluding hydrogens is 272 g/mol. The van der Waals surface area contributed by atoms with Gasteiger partial charge >= 0.3 is 5.97 Å². The third-order valence-corrected chi connectivity index (χ3v) is 2.78. The molecule has 102 valence electrons. The predicted octanol–water partition coefficient (Wildman–Crippen LogP) is 0.579. The van der Waals surface area contributed by atoms with Gasteiger partial charge in [-0.3, -0.25) is 14.4 Å². The summed E-state index contributed by atoms with van der Waals surface area (Å²) in [5.74, 6) is -2.22. The molecule has 0 bridgehead atoms. The lowest BCUT2D eigenvalue weighted by Gasteiger charge is -2.08. The number of benzene rings is 1. The smallest absolute Gasteiger partial charge is 0.322 e. The Hall–Kier alpha value is -2.08. The highest BCUT2D eigenvalue weighted by Crippen LogP contribution is 2.19. The number of carbonyl (C=O) groups is 3. The van der Waals surface area contributed by atoms with Gasteiger partial charge in [0.25, 0.3) is 5.91 Å². The summed E-state index contributed by atoms with van der Waals surface area (Å²) in [5, 5.41) is 13.2. The number of halogens is 1. The highest BCUT2D eigenvalue weighted by molar-refractivity contribution is 6.34. The third-order valence-electron chi connectivity index (χ3n) is 2.28. The zero-order chi connectivity index (χ0) is 14.4. The van der Waals surface area contributed by atoms with Crippen molar-refractivity contribution in [1.82, 2.24) is 10.6 Å². The summed E-state index contributed by atoms with van der Waals surface area (Å²) in [7, 11) is 0. The van der Waals surface area contributed by atoms with Gasteiger partial charge in [-0.05, 0) is 18.6 Å². The highest BCUT2D eigenvalue weighted by Gasteiger charge is 2.12. The van der Waals surface area contributed by atoms with Crippen molar-refractivity contribution in [3.8, 4) is 0 Å². The maximum atomic E-state index is 11.8. The quantitative estimate of drug-likeness (QED) is 0.737. The molecule has 7 heteroatoms. The Morgan fingerprint density at radius 3 is 2.53 bits per heavy atom. The van der Waals surface area contributed by atoms with Crippen LogP contribution in [0.1, 0.15) is 15.9 Å². The van der Waals surface area contributed by atoms with E-state index < -0.39 is 24.3 Å². The third kappa shape index (κ3) is 4.59. The molecule has 0 saturated carbocycles. The number of hydrogen-bond acceptors (Lipinski definition) is 3. The van der Waals surface area contributed by atoms with E-state index >= 15 is 0 Å². The summed E-state index contributed by atoms with van der Waals surface area (Å²) < 4.78 is 0. The fraction of sp³-hybridized carbons (Fsp3) is 0.250. The Kier molecular flexibility index (Phi) is 5.32. The van der Waals surface area contributed by atoms with E-state index in [1.165, 1.54) is 0 Å². The summed E-state index contributed by atoms with van der Waals surface area (Å²) in [5.41, 5.74) is 1.03. The van der Waals surface area contributed by atoms with Crippen molar-refractivity contribution in [2.24, 2.45) is 0 Å². The van der Waals surface area contributed by atoms with Gasteiger partial charge in [-0.2, -0.15) is 0 Å². The number of aliphatic carboxylic acids is 1. The molecule has 0 fully saturated rings. The topological polar surface area (TPSA) is 95.5 Å². The lowest BCUT2D eigenvalue weighted by molar-refractivity contribution is -0.137. The maximum Gasteiger partial charge on any atom is 0.322 e. The van der Waals surface area contributed by atoms with E-state index in [0.717, 1.165) is 5.56 Å². The first kappa shape index (κ1) is 15.0. The molecule has 1 aromatic carbocycles. The summed E-state index contributed by atoms with van der Waals surface area (Å²) in [6.45, 7) is 0.967. The number of rotatable bonds is 5. The van der Waals surface area contributed by atoms with Crippen LogP contribution in [0.4, 0.5) is 0 Å². The molecular formula is C12H13ClN2O4. The lowest BCUT2D eigenvalue weighted by atomic mass is 10.1. The van der Waals surface area contributed by atoms with E-state index in [4.69, 9.17) is 16.7 Å². The fourth-order valence-corrected chi connectivity index (χ4v) is 1.53. The van der Waals surface area contributed by atoms with Crippen LogP contribution < -0.4 is 10.6 Å². The van der Waals surface area contributed by atoms with Crippen molar-refractivity contribution < 1.29 is 19.5 Å². The van der Waals surface area contributed by atoms with Crippen molar-refractivity contribution in [3.05, 3.63) is 34.3 Å². The number of carboxylic acid groups (broad SMARTS) is 1. The molecule has 2 amide bonds. The Morgan fingerprint density at radius 1 is 1.21 bits per heavy atom. The zero-order valence-electron chi connectivity index (χ0n) is 10.2. The van der Waals surface area contributed by atoms with Gasteiger partial charge in [0, 0.05) is 0 Å². The molecule has 1 rings (SSSR count). The molecule has 1 aromatic rings. The van der Waals surface area contributed by atoms with E-state index in [2.05, 4.69) is 10.6 Å². The van der Waals surface area contributed by atoms with E-state index in [9.17, 15) is 14.4 Å². The maximum absolute atomic E-state index is 11.8. The molecule has 0 heterocycles. The Bertz CT molecular complexity index is 516. The summed E-state index contributed by atoms with van der Waals surface area (Å²) in [6, 6.07) is 4.99. The number of carboxylic acids is 1. The van der Waals surface area contributed by atoms with Crippen LogP contribution in [0.15, 0.2) is 18.2 Å². The normalized spacial score (nSPS) is 9.79. The van der Waals surface area contributed by atoms with Crippen LogP contribution in [-0.2, 0) is 9.59 Å². The standard InChI is InChI=1S/C12H13ClN2O4/c1-7-3-2-4-8(11(7)13)12(19)15-5-9(16)14-6-10(17)18/h2-4H,5-6H2,1H3,(H,14,16)(H,15,19)(H,17,18). The minimum absolute atomic E-state index is 0.271. The molecule has 0 aliphatic rings. The molecule has 0 aliphatic heterocycles. The van der Waals surface area contributed by atoms with Crippen LogP contribution in [0.3, 0.4) is 0 Å². The average Bonchev–Trinajstić information content (AvgIpc) is 2.36. The first-order chi connectivity index (χ1) is 8.91. The van der Waals surface area contributed by atoms with E-state index in [-0.39, 0.29) is 12.1 Å². The predicted molar refractivity (Wildman–Crippen MR) is 69.2 cm³/mol. The SMILES string of the molecule is Cc1cccc(C(=O)NCC(=O)NCC(=O)O)c1Cl. The van der Waals surface area contributed by atoms with Gasteiger partial charge in [0.05, 0.1) is 17.1 Å². The Balaban J connectivity index is 2.54. The highest BCUT2D eigenvalue weighted by atomic mass is 35.5. The van der Waals surface area contributed by atoms with Crippen molar-refractivity contribution in [2.75, 3.05) is 13.1 Å². The molecule has 0 radical (unpaired) electrons. The van der Waals surface area contributed by atoms with Crippen molar-refractivity contribution >= 4 is 29.4 Å². The molecule has 19 heavy (non-hydrogen) atoms. The van der Waals surface area contributed by atoms with Gasteiger partial charge in [-0.15, -0.1) is 0 Å². The van der Waals surface area contributed by atoms with Crippen LogP contribution in [0.25, 0.3) is 0 Å². The van der Waals surface area contributed by atoms with Crippen molar-refractivity contribution in [2.45, 2.75) is 6.92 Å². The van der Waals surface area contributed by atoms with Crippen LogP contribution in [0.5, 0.6) is 0 Å².